The Labute approximate surface area is 164 Å². The van der Waals surface area contributed by atoms with E-state index < -0.39 is 0 Å². The Hall–Kier alpha value is -2.71. The van der Waals surface area contributed by atoms with Gasteiger partial charge in [-0.05, 0) is 25.7 Å². The van der Waals surface area contributed by atoms with Crippen molar-refractivity contribution in [1.82, 2.24) is 29.4 Å². The van der Waals surface area contributed by atoms with Gasteiger partial charge in [0.25, 0.3) is 0 Å². The molecule has 9 nitrogen and oxygen atoms in total. The van der Waals surface area contributed by atoms with Crippen molar-refractivity contribution in [3.8, 4) is 0 Å². The van der Waals surface area contributed by atoms with E-state index in [-0.39, 0.29) is 17.7 Å². The van der Waals surface area contributed by atoms with Crippen LogP contribution in [0.25, 0.3) is 0 Å². The molecule has 2 aromatic heterocycles. The zero-order valence-corrected chi connectivity index (χ0v) is 16.3. The molecule has 0 aliphatic carbocycles. The molecule has 2 aromatic rings. The molecule has 1 atom stereocenters. The van der Waals surface area contributed by atoms with Gasteiger partial charge in [-0.3, -0.25) is 14.3 Å². The minimum Gasteiger partial charge on any atom is -0.342 e. The molecule has 1 saturated heterocycles. The first-order chi connectivity index (χ1) is 13.6. The Morgan fingerprint density at radius 2 is 2.11 bits per heavy atom. The van der Waals surface area contributed by atoms with Crippen molar-refractivity contribution < 1.29 is 9.59 Å². The van der Waals surface area contributed by atoms with Crippen LogP contribution in [0.5, 0.6) is 0 Å². The summed E-state index contributed by atoms with van der Waals surface area (Å²) in [5, 5.41) is 15.9. The molecule has 4 heterocycles. The largest absolute Gasteiger partial charge is 0.342 e. The third-order valence-corrected chi connectivity index (χ3v) is 5.59. The summed E-state index contributed by atoms with van der Waals surface area (Å²) in [6.45, 7) is 4.59. The standard InChI is InChI=1S/C19H27N7O2/c1-2-18(27)24-8-5-6-14(11-24)19(28)21-15-10-20-25(12-15)13-17-23-22-16-7-3-4-9-26(16)17/h10,12,14H,2-9,11,13H2,1H3,(H,21,28)/t14-/m0/s1. The highest BCUT2D eigenvalue weighted by Crippen LogP contribution is 2.20. The van der Waals surface area contributed by atoms with E-state index >= 15 is 0 Å². The van der Waals surface area contributed by atoms with Crippen LogP contribution in [0.3, 0.4) is 0 Å². The van der Waals surface area contributed by atoms with Crippen molar-refractivity contribution in [1.29, 1.82) is 0 Å². The Morgan fingerprint density at radius 1 is 1.21 bits per heavy atom. The average molecular weight is 385 g/mol. The van der Waals surface area contributed by atoms with Gasteiger partial charge in [-0.25, -0.2) is 0 Å². The second-order valence-electron chi connectivity index (χ2n) is 7.59. The summed E-state index contributed by atoms with van der Waals surface area (Å²) in [5.74, 6) is 1.84. The van der Waals surface area contributed by atoms with Gasteiger partial charge in [0.05, 0.1) is 17.8 Å². The molecule has 0 unspecified atom stereocenters. The van der Waals surface area contributed by atoms with Crippen molar-refractivity contribution in [2.75, 3.05) is 18.4 Å². The lowest BCUT2D eigenvalue weighted by atomic mass is 9.97. The van der Waals surface area contributed by atoms with Crippen LogP contribution < -0.4 is 5.32 Å². The van der Waals surface area contributed by atoms with E-state index in [1.807, 2.05) is 13.1 Å². The molecule has 2 aliphatic rings. The maximum absolute atomic E-state index is 12.6. The van der Waals surface area contributed by atoms with Crippen LogP contribution in [0.15, 0.2) is 12.4 Å². The number of nitrogens with one attached hydrogen (secondary N) is 1. The predicted molar refractivity (Wildman–Crippen MR) is 103 cm³/mol. The number of amides is 2. The summed E-state index contributed by atoms with van der Waals surface area (Å²) in [6, 6.07) is 0. The van der Waals surface area contributed by atoms with Crippen molar-refractivity contribution >= 4 is 17.5 Å². The predicted octanol–water partition coefficient (Wildman–Crippen LogP) is 1.45. The van der Waals surface area contributed by atoms with E-state index in [2.05, 4.69) is 25.2 Å². The number of hydrogen-bond donors (Lipinski definition) is 1. The number of piperidine rings is 1. The molecule has 0 bridgehead atoms. The molecule has 1 N–H and O–H groups in total. The summed E-state index contributed by atoms with van der Waals surface area (Å²) in [6.07, 6.45) is 8.92. The number of anilines is 1. The SMILES string of the molecule is CCC(=O)N1CCC[C@H](C(=O)Nc2cnn(Cc3nnc4n3CCCC4)c2)C1. The highest BCUT2D eigenvalue weighted by atomic mass is 16.2. The average Bonchev–Trinajstić information content (AvgIpc) is 3.35. The van der Waals surface area contributed by atoms with Crippen LogP contribution in [-0.2, 0) is 29.1 Å². The van der Waals surface area contributed by atoms with Gasteiger partial charge in [0.2, 0.25) is 11.8 Å². The van der Waals surface area contributed by atoms with Gasteiger partial charge in [0.15, 0.2) is 5.82 Å². The molecule has 9 heteroatoms. The molecule has 1 fully saturated rings. The van der Waals surface area contributed by atoms with Gasteiger partial charge >= 0.3 is 0 Å². The first-order valence-corrected chi connectivity index (χ1v) is 10.2. The van der Waals surface area contributed by atoms with Crippen LogP contribution in [0.4, 0.5) is 5.69 Å². The molecule has 4 rings (SSSR count). The Morgan fingerprint density at radius 3 is 2.96 bits per heavy atom. The second-order valence-corrected chi connectivity index (χ2v) is 7.59. The zero-order chi connectivity index (χ0) is 19.5. The molecule has 2 aliphatic heterocycles. The van der Waals surface area contributed by atoms with Crippen LogP contribution in [0.1, 0.15) is 50.7 Å². The van der Waals surface area contributed by atoms with E-state index in [9.17, 15) is 9.59 Å². The number of nitrogens with zero attached hydrogens (tertiary/aromatic N) is 6. The molecule has 0 saturated carbocycles. The normalized spacial score (nSPS) is 19.3. The zero-order valence-electron chi connectivity index (χ0n) is 16.3. The van der Waals surface area contributed by atoms with Crippen LogP contribution in [0, 0.1) is 5.92 Å². The van der Waals surface area contributed by atoms with Crippen molar-refractivity contribution in [3.05, 3.63) is 24.0 Å². The Bertz CT molecular complexity index is 856. The molecule has 0 spiro atoms. The van der Waals surface area contributed by atoms with Crippen LogP contribution >= 0.6 is 0 Å². The van der Waals surface area contributed by atoms with Gasteiger partial charge in [-0.1, -0.05) is 6.92 Å². The fraction of sp³-hybridized carbons (Fsp3) is 0.632. The van der Waals surface area contributed by atoms with E-state index in [1.54, 1.807) is 15.8 Å². The van der Waals surface area contributed by atoms with E-state index in [4.69, 9.17) is 0 Å². The molecule has 28 heavy (non-hydrogen) atoms. The number of rotatable bonds is 5. The minimum absolute atomic E-state index is 0.0481. The maximum atomic E-state index is 12.6. The number of aromatic nitrogens is 5. The molecular weight excluding hydrogens is 358 g/mol. The van der Waals surface area contributed by atoms with Gasteiger partial charge in [0, 0.05) is 38.7 Å². The molecular formula is C19H27N7O2. The third-order valence-electron chi connectivity index (χ3n) is 5.59. The highest BCUT2D eigenvalue weighted by Gasteiger charge is 2.28. The smallest absolute Gasteiger partial charge is 0.229 e. The van der Waals surface area contributed by atoms with Crippen LogP contribution in [0.2, 0.25) is 0 Å². The van der Waals surface area contributed by atoms with Crippen molar-refractivity contribution in [3.63, 3.8) is 0 Å². The number of likely N-dealkylation sites (tertiary alicyclic amines) is 1. The molecule has 0 aromatic carbocycles. The first kappa shape index (κ1) is 18.6. The third kappa shape index (κ3) is 3.93. The van der Waals surface area contributed by atoms with Gasteiger partial charge in [-0.15, -0.1) is 10.2 Å². The quantitative estimate of drug-likeness (QED) is 0.840. The molecule has 0 radical (unpaired) electrons. The lowest BCUT2D eigenvalue weighted by Gasteiger charge is -2.31. The van der Waals surface area contributed by atoms with E-state index in [1.165, 1.54) is 6.42 Å². The number of fused-ring (bicyclic) bond motifs is 1. The number of carbonyl (C=O) groups excluding carboxylic acids is 2. The fourth-order valence-electron chi connectivity index (χ4n) is 4.03. The monoisotopic (exact) mass is 385 g/mol. The van der Waals surface area contributed by atoms with Gasteiger partial charge in [0.1, 0.15) is 12.4 Å². The molecule has 150 valence electrons. The Kier molecular flexibility index (Phi) is 5.40. The summed E-state index contributed by atoms with van der Waals surface area (Å²) >= 11 is 0. The lowest BCUT2D eigenvalue weighted by molar-refractivity contribution is -0.134. The van der Waals surface area contributed by atoms with Crippen molar-refractivity contribution in [2.45, 2.75) is 58.5 Å². The fourth-order valence-corrected chi connectivity index (χ4v) is 4.03. The van der Waals surface area contributed by atoms with Gasteiger partial charge in [-0.2, -0.15) is 5.10 Å². The summed E-state index contributed by atoms with van der Waals surface area (Å²) in [7, 11) is 0. The Balaban J connectivity index is 1.36. The first-order valence-electron chi connectivity index (χ1n) is 10.2. The number of carbonyl (C=O) groups is 2. The van der Waals surface area contributed by atoms with E-state index in [0.717, 1.165) is 50.4 Å². The maximum Gasteiger partial charge on any atom is 0.229 e. The minimum atomic E-state index is -0.170. The van der Waals surface area contributed by atoms with Gasteiger partial charge < -0.3 is 14.8 Å². The topological polar surface area (TPSA) is 97.9 Å². The van der Waals surface area contributed by atoms with Crippen molar-refractivity contribution in [2.24, 2.45) is 5.92 Å². The highest BCUT2D eigenvalue weighted by molar-refractivity contribution is 5.93. The number of hydrogen-bond acceptors (Lipinski definition) is 5. The van der Waals surface area contributed by atoms with E-state index in [0.29, 0.717) is 25.2 Å². The summed E-state index contributed by atoms with van der Waals surface area (Å²) in [5.41, 5.74) is 0.669. The lowest BCUT2D eigenvalue weighted by Crippen LogP contribution is -2.43. The summed E-state index contributed by atoms with van der Waals surface area (Å²) < 4.78 is 3.94. The number of aryl methyl sites for hydroxylation is 1. The summed E-state index contributed by atoms with van der Waals surface area (Å²) in [4.78, 5) is 26.3. The second kappa shape index (κ2) is 8.12. The van der Waals surface area contributed by atoms with Crippen LogP contribution in [-0.4, -0.2) is 54.3 Å². The molecule has 2 amide bonds.